The van der Waals surface area contributed by atoms with Crippen LogP contribution in [0.5, 0.6) is 0 Å². The number of aryl methyl sites for hydroxylation is 1. The summed E-state index contributed by atoms with van der Waals surface area (Å²) in [5.41, 5.74) is 2.48. The van der Waals surface area contributed by atoms with Crippen LogP contribution in [-0.2, 0) is 9.47 Å². The summed E-state index contributed by atoms with van der Waals surface area (Å²) < 4.78 is 16.7. The fourth-order valence-corrected chi connectivity index (χ4v) is 4.07. The fourth-order valence-electron chi connectivity index (χ4n) is 4.07. The lowest BCUT2D eigenvalue weighted by Crippen LogP contribution is -2.36. The fraction of sp³-hybridized carbons (Fsp3) is 0.320. The van der Waals surface area contributed by atoms with Crippen molar-refractivity contribution in [2.24, 2.45) is 0 Å². The Morgan fingerprint density at radius 2 is 1.88 bits per heavy atom. The number of hydrogen-bond donors (Lipinski definition) is 0. The molecule has 3 aromatic rings. The Hall–Kier alpha value is -3.85. The minimum atomic E-state index is -0.805. The van der Waals surface area contributed by atoms with Crippen molar-refractivity contribution in [3.05, 3.63) is 70.6 Å². The van der Waals surface area contributed by atoms with Gasteiger partial charge in [0.15, 0.2) is 6.10 Å². The van der Waals surface area contributed by atoms with Crippen LogP contribution < -0.4 is 0 Å². The summed E-state index contributed by atoms with van der Waals surface area (Å²) >= 11 is 0. The predicted octanol–water partition coefficient (Wildman–Crippen LogP) is 3.74. The zero-order valence-corrected chi connectivity index (χ0v) is 18.8. The minimum absolute atomic E-state index is 0.147. The van der Waals surface area contributed by atoms with Gasteiger partial charge in [0.2, 0.25) is 5.89 Å². The first kappa shape index (κ1) is 22.0. The molecule has 0 radical (unpaired) electrons. The first-order valence-corrected chi connectivity index (χ1v) is 11.1. The van der Waals surface area contributed by atoms with Crippen molar-refractivity contribution in [1.29, 1.82) is 0 Å². The summed E-state index contributed by atoms with van der Waals surface area (Å²) in [4.78, 5) is 39.5. The van der Waals surface area contributed by atoms with Crippen LogP contribution >= 0.6 is 0 Å². The normalized spacial score (nSPS) is 18.3. The average Bonchev–Trinajstić information content (AvgIpc) is 3.58. The van der Waals surface area contributed by atoms with Crippen molar-refractivity contribution in [3.63, 3.8) is 0 Å². The van der Waals surface area contributed by atoms with E-state index in [0.717, 1.165) is 24.0 Å². The molecule has 3 heterocycles. The van der Waals surface area contributed by atoms with Crippen LogP contribution in [0.25, 0.3) is 11.5 Å². The summed E-state index contributed by atoms with van der Waals surface area (Å²) in [6.07, 6.45) is 0.770. The van der Waals surface area contributed by atoms with Crippen LogP contribution in [0.15, 0.2) is 46.9 Å². The van der Waals surface area contributed by atoms with Gasteiger partial charge in [0.25, 0.3) is 17.7 Å². The van der Waals surface area contributed by atoms with Gasteiger partial charge in [-0.15, -0.1) is 10.2 Å². The number of benzene rings is 2. The number of esters is 1. The third kappa shape index (κ3) is 4.10. The van der Waals surface area contributed by atoms with E-state index >= 15 is 0 Å². The van der Waals surface area contributed by atoms with E-state index in [-0.39, 0.29) is 41.1 Å². The summed E-state index contributed by atoms with van der Waals surface area (Å²) in [6.45, 7) is 4.45. The number of nitrogens with zero attached hydrogens (tertiary/aromatic N) is 3. The average molecular weight is 461 g/mol. The molecule has 9 heteroatoms. The smallest absolute Gasteiger partial charge is 0.338 e. The summed E-state index contributed by atoms with van der Waals surface area (Å²) in [6, 6.07) is 12.0. The number of fused-ring (bicyclic) bond motifs is 1. The van der Waals surface area contributed by atoms with Crippen LogP contribution in [0.2, 0.25) is 0 Å². The lowest BCUT2D eigenvalue weighted by atomic mass is 10.1. The van der Waals surface area contributed by atoms with Gasteiger partial charge in [-0.2, -0.15) is 0 Å². The molecule has 5 rings (SSSR count). The lowest BCUT2D eigenvalue weighted by molar-refractivity contribution is 0.0279. The molecule has 0 aliphatic carbocycles. The second-order valence-electron chi connectivity index (χ2n) is 8.48. The molecule has 0 spiro atoms. The quantitative estimate of drug-likeness (QED) is 0.403. The molecule has 2 atom stereocenters. The van der Waals surface area contributed by atoms with E-state index in [4.69, 9.17) is 13.9 Å². The summed E-state index contributed by atoms with van der Waals surface area (Å²) in [7, 11) is 0. The molecule has 1 fully saturated rings. The van der Waals surface area contributed by atoms with Gasteiger partial charge in [0.1, 0.15) is 0 Å². The molecule has 0 bridgehead atoms. The second-order valence-corrected chi connectivity index (χ2v) is 8.48. The second kappa shape index (κ2) is 8.83. The Morgan fingerprint density at radius 1 is 1.12 bits per heavy atom. The van der Waals surface area contributed by atoms with Crippen molar-refractivity contribution in [1.82, 2.24) is 15.1 Å². The molecular weight excluding hydrogens is 438 g/mol. The molecule has 2 unspecified atom stereocenters. The molecule has 1 aromatic heterocycles. The molecule has 2 aliphatic rings. The number of amides is 2. The van der Waals surface area contributed by atoms with Crippen LogP contribution in [0.3, 0.4) is 0 Å². The topological polar surface area (TPSA) is 112 Å². The van der Waals surface area contributed by atoms with Gasteiger partial charge < -0.3 is 13.9 Å². The highest BCUT2D eigenvalue weighted by Crippen LogP contribution is 2.28. The number of carbonyl (C=O) groups excluding carboxylic acids is 3. The Balaban J connectivity index is 1.28. The molecule has 34 heavy (non-hydrogen) atoms. The highest BCUT2D eigenvalue weighted by Gasteiger charge is 2.38. The molecule has 0 saturated carbocycles. The van der Waals surface area contributed by atoms with E-state index in [1.807, 2.05) is 31.2 Å². The third-order valence-corrected chi connectivity index (χ3v) is 5.99. The zero-order valence-electron chi connectivity index (χ0n) is 18.8. The number of carbonyl (C=O) groups is 3. The highest BCUT2D eigenvalue weighted by atomic mass is 16.6. The Morgan fingerprint density at radius 3 is 2.62 bits per heavy atom. The standard InChI is InChI=1S/C25H23N3O6/c1-14-5-7-16(8-6-14)22-27-26-21(34-22)15(2)33-25(31)17-9-10-19-20(12-17)24(30)28(23(19)29)13-18-4-3-11-32-18/h5-10,12,15,18H,3-4,11,13H2,1-2H3. The number of ether oxygens (including phenoxy) is 2. The van der Waals surface area contributed by atoms with Gasteiger partial charge in [-0.1, -0.05) is 17.7 Å². The Labute approximate surface area is 195 Å². The zero-order chi connectivity index (χ0) is 23.8. The maximum absolute atomic E-state index is 12.8. The molecular formula is C25H23N3O6. The van der Waals surface area contributed by atoms with Crippen molar-refractivity contribution in [2.75, 3.05) is 13.2 Å². The number of hydrogen-bond acceptors (Lipinski definition) is 8. The van der Waals surface area contributed by atoms with Crippen LogP contribution in [0.4, 0.5) is 0 Å². The highest BCUT2D eigenvalue weighted by molar-refractivity contribution is 6.22. The van der Waals surface area contributed by atoms with Crippen molar-refractivity contribution < 1.29 is 28.3 Å². The van der Waals surface area contributed by atoms with Crippen molar-refractivity contribution in [2.45, 2.75) is 38.9 Å². The maximum Gasteiger partial charge on any atom is 0.338 e. The minimum Gasteiger partial charge on any atom is -0.449 e. The molecule has 174 valence electrons. The lowest BCUT2D eigenvalue weighted by Gasteiger charge is -2.17. The van der Waals surface area contributed by atoms with Gasteiger partial charge in [0, 0.05) is 12.2 Å². The summed E-state index contributed by atoms with van der Waals surface area (Å²) in [5, 5.41) is 8.02. The molecule has 9 nitrogen and oxygen atoms in total. The van der Waals surface area contributed by atoms with Crippen molar-refractivity contribution in [3.8, 4) is 11.5 Å². The molecule has 2 aliphatic heterocycles. The summed E-state index contributed by atoms with van der Waals surface area (Å²) in [5.74, 6) is -0.996. The number of imide groups is 1. The Kier molecular flexibility index (Phi) is 5.70. The number of rotatable bonds is 6. The van der Waals surface area contributed by atoms with Gasteiger partial charge >= 0.3 is 5.97 Å². The van der Waals surface area contributed by atoms with Gasteiger partial charge in [0.05, 0.1) is 29.3 Å². The van der Waals surface area contributed by atoms with Gasteiger partial charge in [-0.05, 0) is 57.0 Å². The predicted molar refractivity (Wildman–Crippen MR) is 119 cm³/mol. The molecule has 0 N–H and O–H groups in total. The van der Waals surface area contributed by atoms with E-state index in [2.05, 4.69) is 10.2 Å². The van der Waals surface area contributed by atoms with E-state index in [0.29, 0.717) is 12.5 Å². The van der Waals surface area contributed by atoms with Crippen molar-refractivity contribution >= 4 is 17.8 Å². The monoisotopic (exact) mass is 461 g/mol. The molecule has 1 saturated heterocycles. The third-order valence-electron chi connectivity index (χ3n) is 5.99. The first-order valence-electron chi connectivity index (χ1n) is 11.1. The van der Waals surface area contributed by atoms with Gasteiger partial charge in [-0.3, -0.25) is 14.5 Å². The Bertz CT molecular complexity index is 1260. The van der Waals surface area contributed by atoms with E-state index in [1.165, 1.54) is 23.1 Å². The maximum atomic E-state index is 12.8. The number of aromatic nitrogens is 2. The largest absolute Gasteiger partial charge is 0.449 e. The van der Waals surface area contributed by atoms with E-state index in [9.17, 15) is 14.4 Å². The van der Waals surface area contributed by atoms with Crippen LogP contribution in [0, 0.1) is 6.92 Å². The van der Waals surface area contributed by atoms with E-state index < -0.39 is 18.0 Å². The first-order chi connectivity index (χ1) is 16.4. The SMILES string of the molecule is Cc1ccc(-c2nnc(C(C)OC(=O)c3ccc4c(c3)C(=O)N(CC3CCCO3)C4=O)o2)cc1. The van der Waals surface area contributed by atoms with E-state index in [1.54, 1.807) is 6.92 Å². The van der Waals surface area contributed by atoms with Crippen LogP contribution in [0.1, 0.15) is 68.4 Å². The van der Waals surface area contributed by atoms with Gasteiger partial charge in [-0.25, -0.2) is 4.79 Å². The van der Waals surface area contributed by atoms with Crippen LogP contribution in [-0.4, -0.2) is 52.1 Å². The molecule has 2 aromatic carbocycles. The molecule has 2 amide bonds.